The molecule has 126 valence electrons. The molecule has 2 N–H and O–H groups in total. The van der Waals surface area contributed by atoms with Gasteiger partial charge in [0, 0.05) is 0 Å². The van der Waals surface area contributed by atoms with Crippen molar-refractivity contribution in [1.29, 1.82) is 5.26 Å². The Morgan fingerprint density at radius 1 is 1.33 bits per heavy atom. The Morgan fingerprint density at radius 2 is 2.12 bits per heavy atom. The number of ether oxygens (including phenoxy) is 2. The number of methoxy groups -OCH3 is 1. The molecule has 0 aliphatic carbocycles. The van der Waals surface area contributed by atoms with E-state index in [4.69, 9.17) is 31.4 Å². The van der Waals surface area contributed by atoms with E-state index in [2.05, 4.69) is 10.3 Å². The lowest BCUT2D eigenvalue weighted by atomic mass is 10.1. The third-order valence-corrected chi connectivity index (χ3v) is 3.66. The van der Waals surface area contributed by atoms with Gasteiger partial charge in [0.2, 0.25) is 0 Å². The van der Waals surface area contributed by atoms with Gasteiger partial charge >= 0.3 is 0 Å². The summed E-state index contributed by atoms with van der Waals surface area (Å²) in [6.45, 7) is 2.10. The maximum atomic E-state index is 8.99. The average Bonchev–Trinajstić information content (AvgIpc) is 2.61. The summed E-state index contributed by atoms with van der Waals surface area (Å²) in [5.41, 5.74) is 1.14. The Hall–Kier alpha value is -2.49. The molecule has 1 atom stereocenters. The second-order valence-electron chi connectivity index (χ2n) is 4.99. The number of aliphatic hydroxyl groups is 1. The van der Waals surface area contributed by atoms with Crippen LogP contribution in [0.15, 0.2) is 30.3 Å². The van der Waals surface area contributed by atoms with Gasteiger partial charge in [-0.15, -0.1) is 0 Å². The highest BCUT2D eigenvalue weighted by molar-refractivity contribution is 6.31. The van der Waals surface area contributed by atoms with Crippen LogP contribution in [0, 0.1) is 11.3 Å². The number of benzene rings is 1. The van der Waals surface area contributed by atoms with Gasteiger partial charge in [0.05, 0.1) is 24.8 Å². The number of aliphatic hydroxyl groups excluding tert-OH is 1. The Kier molecular flexibility index (Phi) is 6.24. The molecule has 0 bridgehead atoms. The molecule has 0 aliphatic rings. The van der Waals surface area contributed by atoms with Gasteiger partial charge in [0.15, 0.2) is 17.2 Å². The number of halogens is 1. The fourth-order valence-corrected chi connectivity index (χ4v) is 2.28. The summed E-state index contributed by atoms with van der Waals surface area (Å²) in [5, 5.41) is 21.4. The fourth-order valence-electron chi connectivity index (χ4n) is 2.13. The van der Waals surface area contributed by atoms with Gasteiger partial charge in [0.1, 0.15) is 18.5 Å². The number of hydrogen-bond donors (Lipinski definition) is 2. The quantitative estimate of drug-likeness (QED) is 0.800. The van der Waals surface area contributed by atoms with E-state index in [1.54, 1.807) is 25.3 Å². The highest BCUT2D eigenvalue weighted by atomic mass is 35.5. The predicted octanol–water partition coefficient (Wildman–Crippen LogP) is 3.16. The highest BCUT2D eigenvalue weighted by Gasteiger charge is 2.12. The maximum Gasteiger partial charge on any atom is 0.161 e. The third-order valence-electron chi connectivity index (χ3n) is 3.35. The van der Waals surface area contributed by atoms with Gasteiger partial charge in [-0.1, -0.05) is 17.7 Å². The Labute approximate surface area is 145 Å². The van der Waals surface area contributed by atoms with E-state index in [0.29, 0.717) is 22.3 Å². The number of pyridine rings is 1. The monoisotopic (exact) mass is 347 g/mol. The van der Waals surface area contributed by atoms with E-state index in [0.717, 1.165) is 5.56 Å². The molecule has 1 aromatic carbocycles. The van der Waals surface area contributed by atoms with Crippen molar-refractivity contribution in [1.82, 2.24) is 4.98 Å². The zero-order chi connectivity index (χ0) is 17.5. The van der Waals surface area contributed by atoms with Crippen LogP contribution in [0.1, 0.15) is 24.2 Å². The first-order valence-corrected chi connectivity index (χ1v) is 7.71. The van der Waals surface area contributed by atoms with Crippen LogP contribution in [-0.2, 0) is 0 Å². The van der Waals surface area contributed by atoms with Crippen molar-refractivity contribution in [2.75, 3.05) is 25.6 Å². The molecule has 0 saturated carbocycles. The number of nitrogens with zero attached hydrogens (tertiary/aromatic N) is 2. The smallest absolute Gasteiger partial charge is 0.161 e. The zero-order valence-corrected chi connectivity index (χ0v) is 14.2. The molecule has 24 heavy (non-hydrogen) atoms. The summed E-state index contributed by atoms with van der Waals surface area (Å²) in [7, 11) is 1.56. The van der Waals surface area contributed by atoms with Crippen molar-refractivity contribution in [2.24, 2.45) is 0 Å². The number of nitriles is 1. The van der Waals surface area contributed by atoms with Gasteiger partial charge in [-0.25, -0.2) is 4.98 Å². The molecule has 6 nitrogen and oxygen atoms in total. The Morgan fingerprint density at radius 3 is 2.79 bits per heavy atom. The lowest BCUT2D eigenvalue weighted by molar-refractivity contribution is 0.196. The van der Waals surface area contributed by atoms with Crippen molar-refractivity contribution < 1.29 is 14.6 Å². The van der Waals surface area contributed by atoms with E-state index >= 15 is 0 Å². The first kappa shape index (κ1) is 17.9. The number of hydrogen-bond acceptors (Lipinski definition) is 6. The minimum absolute atomic E-state index is 0.0632. The minimum atomic E-state index is -0.0778. The Bertz CT molecular complexity index is 746. The molecule has 0 radical (unpaired) electrons. The normalized spacial score (nSPS) is 11.5. The van der Waals surface area contributed by atoms with Crippen LogP contribution in [0.5, 0.6) is 11.5 Å². The molecule has 0 amide bonds. The standard InChI is InChI=1S/C17H18ClN3O3/c1-11(20-17-6-4-13(18)14(10-19)21-17)12-3-5-15(24-8-7-22)16(9-12)23-2/h3-6,9,11,22H,7-8H2,1-2H3,(H,20,21). The number of nitrogens with one attached hydrogen (secondary N) is 1. The van der Waals surface area contributed by atoms with E-state index < -0.39 is 0 Å². The molecule has 2 rings (SSSR count). The van der Waals surface area contributed by atoms with Crippen LogP contribution < -0.4 is 14.8 Å². The van der Waals surface area contributed by atoms with Crippen molar-refractivity contribution in [3.8, 4) is 17.6 Å². The minimum Gasteiger partial charge on any atom is -0.493 e. The molecule has 0 aliphatic heterocycles. The zero-order valence-electron chi connectivity index (χ0n) is 13.4. The summed E-state index contributed by atoms with van der Waals surface area (Å²) in [6, 6.07) is 10.8. The van der Waals surface area contributed by atoms with Gasteiger partial charge in [-0.2, -0.15) is 5.26 Å². The SMILES string of the molecule is COc1cc(C(C)Nc2ccc(Cl)c(C#N)n2)ccc1OCCO. The van der Waals surface area contributed by atoms with E-state index in [1.165, 1.54) is 0 Å². The van der Waals surface area contributed by atoms with Crippen LogP contribution in [0.2, 0.25) is 5.02 Å². The summed E-state index contributed by atoms with van der Waals surface area (Å²) < 4.78 is 10.7. The van der Waals surface area contributed by atoms with Crippen LogP contribution in [0.4, 0.5) is 5.82 Å². The molecule has 0 fully saturated rings. The number of rotatable bonds is 7. The van der Waals surface area contributed by atoms with Crippen LogP contribution in [-0.4, -0.2) is 30.4 Å². The lowest BCUT2D eigenvalue weighted by Crippen LogP contribution is -2.09. The fraction of sp³-hybridized carbons (Fsp3) is 0.294. The summed E-state index contributed by atoms with van der Waals surface area (Å²) in [6.07, 6.45) is 0. The number of aromatic nitrogens is 1. The first-order valence-electron chi connectivity index (χ1n) is 7.33. The molecule has 0 spiro atoms. The van der Waals surface area contributed by atoms with Crippen molar-refractivity contribution in [3.63, 3.8) is 0 Å². The van der Waals surface area contributed by atoms with Gasteiger partial charge in [-0.05, 0) is 36.8 Å². The Balaban J connectivity index is 2.17. The molecule has 1 heterocycles. The molecular weight excluding hydrogens is 330 g/mol. The third kappa shape index (κ3) is 4.28. The molecule has 1 unspecified atom stereocenters. The molecule has 0 saturated heterocycles. The molecular formula is C17H18ClN3O3. The summed E-state index contributed by atoms with van der Waals surface area (Å²) >= 11 is 5.89. The van der Waals surface area contributed by atoms with E-state index in [1.807, 2.05) is 25.1 Å². The summed E-state index contributed by atoms with van der Waals surface area (Å²) in [4.78, 5) is 4.17. The largest absolute Gasteiger partial charge is 0.493 e. The van der Waals surface area contributed by atoms with Crippen LogP contribution in [0.25, 0.3) is 0 Å². The van der Waals surface area contributed by atoms with Crippen molar-refractivity contribution >= 4 is 17.4 Å². The second-order valence-corrected chi connectivity index (χ2v) is 5.39. The van der Waals surface area contributed by atoms with Crippen molar-refractivity contribution in [2.45, 2.75) is 13.0 Å². The van der Waals surface area contributed by atoms with Gasteiger partial charge in [0.25, 0.3) is 0 Å². The second kappa shape index (κ2) is 8.39. The topological polar surface area (TPSA) is 87.4 Å². The average molecular weight is 348 g/mol. The molecule has 2 aromatic rings. The van der Waals surface area contributed by atoms with Gasteiger partial charge < -0.3 is 19.9 Å². The van der Waals surface area contributed by atoms with Gasteiger partial charge in [-0.3, -0.25) is 0 Å². The highest BCUT2D eigenvalue weighted by Crippen LogP contribution is 2.31. The predicted molar refractivity (Wildman–Crippen MR) is 91.6 cm³/mol. The van der Waals surface area contributed by atoms with Crippen LogP contribution in [0.3, 0.4) is 0 Å². The van der Waals surface area contributed by atoms with E-state index in [9.17, 15) is 0 Å². The number of anilines is 1. The van der Waals surface area contributed by atoms with Crippen molar-refractivity contribution in [3.05, 3.63) is 46.6 Å². The lowest BCUT2D eigenvalue weighted by Gasteiger charge is -2.17. The van der Waals surface area contributed by atoms with E-state index in [-0.39, 0.29) is 24.9 Å². The summed E-state index contributed by atoms with van der Waals surface area (Å²) in [5.74, 6) is 1.71. The first-order chi connectivity index (χ1) is 11.6. The maximum absolute atomic E-state index is 8.99. The molecule has 1 aromatic heterocycles. The van der Waals surface area contributed by atoms with Crippen LogP contribution >= 0.6 is 11.6 Å². The molecule has 7 heteroatoms.